The predicted octanol–water partition coefficient (Wildman–Crippen LogP) is 1.63. The topological polar surface area (TPSA) is 145 Å². The molecule has 4 rings (SSSR count). The highest BCUT2D eigenvalue weighted by Gasteiger charge is 2.27. The molecule has 0 atom stereocenters. The summed E-state index contributed by atoms with van der Waals surface area (Å²) in [5.41, 5.74) is 1.81. The molecule has 1 aliphatic heterocycles. The zero-order valence-corrected chi connectivity index (χ0v) is 25.0. The number of thiazole rings is 1. The Morgan fingerprint density at radius 2 is 1.60 bits per heavy atom. The molecule has 2 amide bonds. The van der Waals surface area contributed by atoms with E-state index in [-0.39, 0.29) is 30.1 Å². The normalized spacial score (nSPS) is 14.2. The Balaban J connectivity index is 1.48. The van der Waals surface area contributed by atoms with E-state index in [2.05, 4.69) is 9.89 Å². The van der Waals surface area contributed by atoms with Crippen molar-refractivity contribution in [3.63, 3.8) is 0 Å². The fraction of sp³-hybridized carbons (Fsp3) is 0.393. The number of carbonyl (C=O) groups excluding carboxylic acids is 4. The number of carbonyl (C=O) groups is 4. The second-order valence-electron chi connectivity index (χ2n) is 9.42. The zero-order chi connectivity index (χ0) is 30.3. The van der Waals surface area contributed by atoms with Gasteiger partial charge in [-0.1, -0.05) is 29.5 Å². The Morgan fingerprint density at radius 3 is 2.26 bits per heavy atom. The van der Waals surface area contributed by atoms with Crippen LogP contribution in [0.1, 0.15) is 24.2 Å². The van der Waals surface area contributed by atoms with E-state index >= 15 is 0 Å². The lowest BCUT2D eigenvalue weighted by Gasteiger charge is -2.36. The summed E-state index contributed by atoms with van der Waals surface area (Å²) >= 11 is 1.01. The number of aromatic nitrogens is 1. The quantitative estimate of drug-likeness (QED) is 0.310. The Hall–Kier alpha value is -4.04. The van der Waals surface area contributed by atoms with Crippen LogP contribution in [0, 0.1) is 0 Å². The molecule has 1 saturated heterocycles. The van der Waals surface area contributed by atoms with E-state index in [1.54, 1.807) is 26.0 Å². The molecule has 1 aromatic heterocycles. The number of benzene rings is 2. The molecule has 0 aliphatic carbocycles. The van der Waals surface area contributed by atoms with Crippen LogP contribution in [0.2, 0.25) is 0 Å². The summed E-state index contributed by atoms with van der Waals surface area (Å²) in [6.45, 7) is 5.26. The zero-order valence-electron chi connectivity index (χ0n) is 23.4. The van der Waals surface area contributed by atoms with E-state index in [4.69, 9.17) is 9.47 Å². The maximum atomic E-state index is 12.8. The third-order valence-corrected chi connectivity index (χ3v) is 8.86. The summed E-state index contributed by atoms with van der Waals surface area (Å²) in [6.07, 6.45) is 0. The first-order valence-corrected chi connectivity index (χ1v) is 16.1. The van der Waals surface area contributed by atoms with Crippen LogP contribution in [0.15, 0.2) is 53.5 Å². The molecule has 224 valence electrons. The molecule has 2 heterocycles. The van der Waals surface area contributed by atoms with Crippen LogP contribution in [0.4, 0.5) is 5.69 Å². The number of fused-ring (bicyclic) bond motifs is 1. The van der Waals surface area contributed by atoms with Gasteiger partial charge in [0.05, 0.1) is 29.0 Å². The van der Waals surface area contributed by atoms with E-state index in [0.717, 1.165) is 17.0 Å². The van der Waals surface area contributed by atoms with E-state index in [1.807, 2.05) is 30.3 Å². The first kappa shape index (κ1) is 30.9. The average molecular weight is 617 g/mol. The summed E-state index contributed by atoms with van der Waals surface area (Å²) in [4.78, 5) is 57.7. The summed E-state index contributed by atoms with van der Waals surface area (Å²) in [5.74, 6) is -4.43. The minimum absolute atomic E-state index is 0.0580. The second-order valence-corrected chi connectivity index (χ2v) is 12.5. The van der Waals surface area contributed by atoms with E-state index in [1.165, 1.54) is 15.5 Å². The van der Waals surface area contributed by atoms with Crippen molar-refractivity contribution in [3.8, 4) is 0 Å². The molecular weight excluding hydrogens is 584 g/mol. The Labute approximate surface area is 247 Å². The number of esters is 2. The molecule has 1 fully saturated rings. The standard InChI is InChI=1S/C28H32N4O8S2/c1-3-39-26(35)17-32-22-11-10-20(27(36)40-4-2)16-23(22)41-28(32)29-24(33)18-42(37,38)19-25(34)31-14-12-30(13-15-31)21-8-6-5-7-9-21/h5-11,16H,3-4,12-15,17-19H2,1-2H3. The number of hydrogen-bond acceptors (Lipinski definition) is 10. The fourth-order valence-corrected chi connectivity index (χ4v) is 6.69. The monoisotopic (exact) mass is 616 g/mol. The van der Waals surface area contributed by atoms with Crippen LogP contribution in [0.3, 0.4) is 0 Å². The first-order chi connectivity index (χ1) is 20.1. The molecule has 0 spiro atoms. The number of amides is 2. The third-order valence-electron chi connectivity index (χ3n) is 6.45. The molecule has 3 aromatic rings. The Morgan fingerprint density at radius 1 is 0.905 bits per heavy atom. The fourth-order valence-electron chi connectivity index (χ4n) is 4.50. The molecule has 12 nitrogen and oxygen atoms in total. The molecule has 2 aromatic carbocycles. The number of anilines is 1. The summed E-state index contributed by atoms with van der Waals surface area (Å²) in [6, 6.07) is 14.4. The number of para-hydroxylation sites is 1. The maximum Gasteiger partial charge on any atom is 0.338 e. The van der Waals surface area contributed by atoms with Gasteiger partial charge in [0.1, 0.15) is 18.1 Å². The average Bonchev–Trinajstić information content (AvgIpc) is 3.28. The van der Waals surface area contributed by atoms with Crippen molar-refractivity contribution in [2.24, 2.45) is 4.99 Å². The lowest BCUT2D eigenvalue weighted by molar-refractivity contribution is -0.143. The van der Waals surface area contributed by atoms with Crippen LogP contribution < -0.4 is 9.70 Å². The molecule has 1 aliphatic rings. The van der Waals surface area contributed by atoms with Gasteiger partial charge in [-0.05, 0) is 44.2 Å². The number of nitrogens with zero attached hydrogens (tertiary/aromatic N) is 4. The first-order valence-electron chi connectivity index (χ1n) is 13.4. The lowest BCUT2D eigenvalue weighted by atomic mass is 10.2. The van der Waals surface area contributed by atoms with E-state index < -0.39 is 45.1 Å². The molecule has 0 unspecified atom stereocenters. The smallest absolute Gasteiger partial charge is 0.338 e. The number of piperazine rings is 1. The molecule has 0 radical (unpaired) electrons. The minimum Gasteiger partial charge on any atom is -0.465 e. The summed E-state index contributed by atoms with van der Waals surface area (Å²) in [5, 5.41) is 0. The van der Waals surface area contributed by atoms with Crippen molar-refractivity contribution >= 4 is 60.8 Å². The molecule has 0 N–H and O–H groups in total. The predicted molar refractivity (Wildman–Crippen MR) is 157 cm³/mol. The summed E-state index contributed by atoms with van der Waals surface area (Å²) in [7, 11) is -4.12. The SMILES string of the molecule is CCOC(=O)Cn1c(=NC(=O)CS(=O)(=O)CC(=O)N2CCN(c3ccccc3)CC2)sc2cc(C(=O)OCC)ccc21. The van der Waals surface area contributed by atoms with Crippen LogP contribution in [0.5, 0.6) is 0 Å². The van der Waals surface area contributed by atoms with Crippen molar-refractivity contribution < 1.29 is 37.1 Å². The highest BCUT2D eigenvalue weighted by molar-refractivity contribution is 7.92. The van der Waals surface area contributed by atoms with Gasteiger partial charge < -0.3 is 23.8 Å². The van der Waals surface area contributed by atoms with E-state index in [0.29, 0.717) is 36.4 Å². The molecule has 0 bridgehead atoms. The van der Waals surface area contributed by atoms with Crippen LogP contribution in [-0.2, 0) is 40.2 Å². The Kier molecular flexibility index (Phi) is 10.1. The molecule has 42 heavy (non-hydrogen) atoms. The van der Waals surface area contributed by atoms with Crippen LogP contribution in [-0.4, -0.2) is 92.5 Å². The number of hydrogen-bond donors (Lipinski definition) is 0. The largest absolute Gasteiger partial charge is 0.465 e. The molecular formula is C28H32N4O8S2. The highest BCUT2D eigenvalue weighted by Crippen LogP contribution is 2.20. The number of sulfone groups is 1. The van der Waals surface area contributed by atoms with Gasteiger partial charge in [-0.15, -0.1) is 0 Å². The van der Waals surface area contributed by atoms with Gasteiger partial charge in [0.25, 0.3) is 5.91 Å². The van der Waals surface area contributed by atoms with Crippen LogP contribution in [0.25, 0.3) is 10.2 Å². The van der Waals surface area contributed by atoms with Crippen molar-refractivity contribution in [1.29, 1.82) is 0 Å². The van der Waals surface area contributed by atoms with Gasteiger partial charge in [0.15, 0.2) is 14.6 Å². The van der Waals surface area contributed by atoms with Gasteiger partial charge in [-0.25, -0.2) is 13.2 Å². The Bertz CT molecular complexity index is 1640. The maximum absolute atomic E-state index is 12.8. The van der Waals surface area contributed by atoms with Gasteiger partial charge in [-0.2, -0.15) is 4.99 Å². The van der Waals surface area contributed by atoms with Gasteiger partial charge in [0.2, 0.25) is 5.91 Å². The molecule has 0 saturated carbocycles. The number of rotatable bonds is 10. The number of ether oxygens (including phenoxy) is 2. The minimum atomic E-state index is -4.12. The van der Waals surface area contributed by atoms with Gasteiger partial charge in [-0.3, -0.25) is 14.4 Å². The molecule has 14 heteroatoms. The second kappa shape index (κ2) is 13.7. The van der Waals surface area contributed by atoms with Crippen molar-refractivity contribution in [3.05, 3.63) is 58.9 Å². The highest BCUT2D eigenvalue weighted by atomic mass is 32.2. The van der Waals surface area contributed by atoms with Crippen molar-refractivity contribution in [2.45, 2.75) is 20.4 Å². The third kappa shape index (κ3) is 7.82. The van der Waals surface area contributed by atoms with Crippen molar-refractivity contribution in [1.82, 2.24) is 9.47 Å². The van der Waals surface area contributed by atoms with Gasteiger partial charge in [0, 0.05) is 31.9 Å². The van der Waals surface area contributed by atoms with Gasteiger partial charge >= 0.3 is 11.9 Å². The summed E-state index contributed by atoms with van der Waals surface area (Å²) < 4.78 is 37.6. The lowest BCUT2D eigenvalue weighted by Crippen LogP contribution is -2.50. The van der Waals surface area contributed by atoms with Crippen molar-refractivity contribution in [2.75, 3.05) is 55.8 Å². The van der Waals surface area contributed by atoms with Crippen LogP contribution >= 0.6 is 11.3 Å². The van der Waals surface area contributed by atoms with E-state index in [9.17, 15) is 27.6 Å².